The van der Waals surface area contributed by atoms with Crippen LogP contribution in [0.1, 0.15) is 12.6 Å². The summed E-state index contributed by atoms with van der Waals surface area (Å²) in [5, 5.41) is 0. The molecule has 0 spiro atoms. The number of halogens is 1. The van der Waals surface area contributed by atoms with Crippen LogP contribution in [0.25, 0.3) is 0 Å². The van der Waals surface area contributed by atoms with Crippen LogP contribution >= 0.6 is 17.0 Å². The number of rotatable bonds is 1. The van der Waals surface area contributed by atoms with Crippen LogP contribution < -0.4 is 0 Å². The molecule has 0 aliphatic heterocycles. The Kier molecular flexibility index (Phi) is 3.54. The first-order chi connectivity index (χ1) is 3.83. The number of imidazole rings is 1. The maximum absolute atomic E-state index is 4.05. The molecule has 3 heteroatoms. The van der Waals surface area contributed by atoms with Gasteiger partial charge in [0, 0.05) is 12.7 Å². The van der Waals surface area contributed by atoms with Gasteiger partial charge in [0.25, 0.3) is 0 Å². The van der Waals surface area contributed by atoms with Gasteiger partial charge in [-0.05, 0) is 13.8 Å². The van der Waals surface area contributed by atoms with Crippen LogP contribution in [-0.4, -0.2) is 9.55 Å². The fourth-order valence-electron chi connectivity index (χ4n) is 0.645. The van der Waals surface area contributed by atoms with E-state index < -0.39 is 0 Å². The molecule has 52 valence electrons. The monoisotopic (exact) mass is 190 g/mol. The Morgan fingerprint density at radius 1 is 1.67 bits per heavy atom. The Bertz CT molecular complexity index is 171. The van der Waals surface area contributed by atoms with E-state index in [0.717, 1.165) is 12.2 Å². The van der Waals surface area contributed by atoms with E-state index in [2.05, 4.69) is 16.5 Å². The van der Waals surface area contributed by atoms with Crippen LogP contribution in [0.3, 0.4) is 0 Å². The highest BCUT2D eigenvalue weighted by molar-refractivity contribution is 8.93. The number of aromatic nitrogens is 2. The largest absolute Gasteiger partial charge is 0.337 e. The van der Waals surface area contributed by atoms with Crippen LogP contribution in [-0.2, 0) is 6.54 Å². The Balaban J connectivity index is 0.000000640. The lowest BCUT2D eigenvalue weighted by Gasteiger charge is -1.88. The molecule has 2 nitrogen and oxygen atoms in total. The molecule has 0 N–H and O–H groups in total. The molecule has 9 heavy (non-hydrogen) atoms. The van der Waals surface area contributed by atoms with E-state index in [4.69, 9.17) is 0 Å². The zero-order valence-electron chi connectivity index (χ0n) is 5.66. The summed E-state index contributed by atoms with van der Waals surface area (Å²) in [6.45, 7) is 5.11. The van der Waals surface area contributed by atoms with Crippen molar-refractivity contribution in [2.45, 2.75) is 20.4 Å². The third kappa shape index (κ3) is 2.18. The number of hydrogen-bond acceptors (Lipinski definition) is 1. The molecule has 0 bridgehead atoms. The maximum atomic E-state index is 4.05. The van der Waals surface area contributed by atoms with Crippen molar-refractivity contribution < 1.29 is 0 Å². The molecule has 0 fully saturated rings. The van der Waals surface area contributed by atoms with Crippen molar-refractivity contribution in [2.24, 2.45) is 0 Å². The lowest BCUT2D eigenvalue weighted by atomic mass is 10.6. The maximum Gasteiger partial charge on any atom is 0.0949 e. The van der Waals surface area contributed by atoms with Gasteiger partial charge in [-0.3, -0.25) is 0 Å². The van der Waals surface area contributed by atoms with Crippen LogP contribution in [0.2, 0.25) is 0 Å². The van der Waals surface area contributed by atoms with Gasteiger partial charge >= 0.3 is 0 Å². The van der Waals surface area contributed by atoms with Crippen molar-refractivity contribution in [1.29, 1.82) is 0 Å². The van der Waals surface area contributed by atoms with Gasteiger partial charge in [0.05, 0.1) is 12.0 Å². The van der Waals surface area contributed by atoms with Crippen molar-refractivity contribution in [3.8, 4) is 0 Å². The third-order valence-electron chi connectivity index (χ3n) is 1.13. The van der Waals surface area contributed by atoms with Gasteiger partial charge in [0.2, 0.25) is 0 Å². The van der Waals surface area contributed by atoms with Crippen molar-refractivity contribution >= 4 is 17.0 Å². The van der Waals surface area contributed by atoms with Gasteiger partial charge in [-0.15, -0.1) is 17.0 Å². The van der Waals surface area contributed by atoms with E-state index in [1.165, 1.54) is 0 Å². The van der Waals surface area contributed by atoms with Gasteiger partial charge in [0.1, 0.15) is 0 Å². The summed E-state index contributed by atoms with van der Waals surface area (Å²) >= 11 is 0. The first kappa shape index (κ1) is 8.69. The SMILES string of the molecule is Br.CCn1cnc(C)c1. The van der Waals surface area contributed by atoms with Gasteiger partial charge in [0.15, 0.2) is 0 Å². The molecular formula is C6H11BrN2. The van der Waals surface area contributed by atoms with E-state index in [0.29, 0.717) is 0 Å². The summed E-state index contributed by atoms with van der Waals surface area (Å²) in [4.78, 5) is 4.05. The average molecular weight is 191 g/mol. The minimum Gasteiger partial charge on any atom is -0.337 e. The van der Waals surface area contributed by atoms with Gasteiger partial charge in [-0.25, -0.2) is 4.98 Å². The molecule has 0 aliphatic rings. The summed E-state index contributed by atoms with van der Waals surface area (Å²) in [7, 11) is 0. The normalized spacial score (nSPS) is 8.67. The third-order valence-corrected chi connectivity index (χ3v) is 1.13. The highest BCUT2D eigenvalue weighted by Gasteiger charge is 1.85. The molecule has 0 aliphatic carbocycles. The summed E-state index contributed by atoms with van der Waals surface area (Å²) in [6.07, 6.45) is 3.87. The second-order valence-electron chi connectivity index (χ2n) is 1.85. The predicted molar refractivity (Wildman–Crippen MR) is 43.0 cm³/mol. The molecule has 0 saturated heterocycles. The first-order valence-electron chi connectivity index (χ1n) is 2.81. The van der Waals surface area contributed by atoms with Crippen molar-refractivity contribution in [3.05, 3.63) is 18.2 Å². The quantitative estimate of drug-likeness (QED) is 0.661. The second kappa shape index (κ2) is 3.67. The standard InChI is InChI=1S/C6H10N2.BrH/c1-3-8-4-6(2)7-5-8;/h4-5H,3H2,1-2H3;1H. The Morgan fingerprint density at radius 2 is 2.33 bits per heavy atom. The lowest BCUT2D eigenvalue weighted by Crippen LogP contribution is -1.86. The van der Waals surface area contributed by atoms with Crippen LogP contribution in [0.5, 0.6) is 0 Å². The minimum absolute atomic E-state index is 0. The topological polar surface area (TPSA) is 17.8 Å². The average Bonchev–Trinajstić information content (AvgIpc) is 2.14. The van der Waals surface area contributed by atoms with Gasteiger partial charge < -0.3 is 4.57 Å². The second-order valence-corrected chi connectivity index (χ2v) is 1.85. The summed E-state index contributed by atoms with van der Waals surface area (Å²) < 4.78 is 2.05. The Hall–Kier alpha value is -0.310. The summed E-state index contributed by atoms with van der Waals surface area (Å²) in [6, 6.07) is 0. The molecular weight excluding hydrogens is 180 g/mol. The van der Waals surface area contributed by atoms with Crippen LogP contribution in [0.15, 0.2) is 12.5 Å². The van der Waals surface area contributed by atoms with Gasteiger partial charge in [-0.2, -0.15) is 0 Å². The number of hydrogen-bond donors (Lipinski definition) is 0. The molecule has 0 aromatic carbocycles. The Labute approximate surface area is 65.7 Å². The molecule has 0 radical (unpaired) electrons. The van der Waals surface area contributed by atoms with Crippen LogP contribution in [0.4, 0.5) is 0 Å². The zero-order valence-corrected chi connectivity index (χ0v) is 7.38. The first-order valence-corrected chi connectivity index (χ1v) is 2.81. The van der Waals surface area contributed by atoms with Crippen LogP contribution in [0, 0.1) is 6.92 Å². The number of aryl methyl sites for hydroxylation is 2. The smallest absolute Gasteiger partial charge is 0.0949 e. The molecule has 1 heterocycles. The molecule has 1 aromatic rings. The summed E-state index contributed by atoms with van der Waals surface area (Å²) in [5.74, 6) is 0. The van der Waals surface area contributed by atoms with E-state index >= 15 is 0 Å². The van der Waals surface area contributed by atoms with Crippen molar-refractivity contribution in [1.82, 2.24) is 9.55 Å². The molecule has 0 amide bonds. The molecule has 0 unspecified atom stereocenters. The molecule has 1 aromatic heterocycles. The van der Waals surface area contributed by atoms with E-state index in [1.807, 2.05) is 19.4 Å². The fourth-order valence-corrected chi connectivity index (χ4v) is 0.645. The van der Waals surface area contributed by atoms with Crippen molar-refractivity contribution in [2.75, 3.05) is 0 Å². The fraction of sp³-hybridized carbons (Fsp3) is 0.500. The zero-order chi connectivity index (χ0) is 5.98. The predicted octanol–water partition coefficient (Wildman–Crippen LogP) is 1.79. The molecule has 1 rings (SSSR count). The lowest BCUT2D eigenvalue weighted by molar-refractivity contribution is 0.761. The van der Waals surface area contributed by atoms with Gasteiger partial charge in [-0.1, -0.05) is 0 Å². The highest BCUT2D eigenvalue weighted by Crippen LogP contribution is 1.90. The highest BCUT2D eigenvalue weighted by atomic mass is 79.9. The molecule has 0 saturated carbocycles. The van der Waals surface area contributed by atoms with E-state index in [9.17, 15) is 0 Å². The molecule has 0 atom stereocenters. The summed E-state index contributed by atoms with van der Waals surface area (Å²) in [5.41, 5.74) is 1.09. The number of nitrogens with zero attached hydrogens (tertiary/aromatic N) is 2. The minimum atomic E-state index is 0. The van der Waals surface area contributed by atoms with Crippen molar-refractivity contribution in [3.63, 3.8) is 0 Å². The Morgan fingerprint density at radius 3 is 2.56 bits per heavy atom. The van der Waals surface area contributed by atoms with E-state index in [1.54, 1.807) is 0 Å². The van der Waals surface area contributed by atoms with E-state index in [-0.39, 0.29) is 17.0 Å².